The van der Waals surface area contributed by atoms with E-state index in [0.717, 1.165) is 44.0 Å². The van der Waals surface area contributed by atoms with Gasteiger partial charge in [-0.15, -0.1) is 11.3 Å². The van der Waals surface area contributed by atoms with Crippen LogP contribution < -0.4 is 4.74 Å². The molecule has 2 aromatic heterocycles. The van der Waals surface area contributed by atoms with E-state index in [-0.39, 0.29) is 0 Å². The van der Waals surface area contributed by atoms with Crippen LogP contribution in [0.15, 0.2) is 91.6 Å². The molecule has 5 aromatic rings. The molecule has 0 aliphatic carbocycles. The molecule has 0 aliphatic heterocycles. The maximum Gasteiger partial charge on any atom is 0.135 e. The van der Waals surface area contributed by atoms with E-state index in [1.165, 1.54) is 11.3 Å². The van der Waals surface area contributed by atoms with Crippen LogP contribution >= 0.6 is 11.3 Å². The van der Waals surface area contributed by atoms with E-state index in [0.29, 0.717) is 17.2 Å². The van der Waals surface area contributed by atoms with E-state index in [1.54, 1.807) is 6.08 Å². The third-order valence-electron chi connectivity index (χ3n) is 5.51. The third kappa shape index (κ3) is 4.63. The Labute approximate surface area is 207 Å². The van der Waals surface area contributed by atoms with E-state index >= 15 is 0 Å². The van der Waals surface area contributed by atoms with E-state index in [4.69, 9.17) is 9.84 Å². The molecular formula is C29H22N4OS. The predicted molar refractivity (Wildman–Crippen MR) is 143 cm³/mol. The van der Waals surface area contributed by atoms with Crippen molar-refractivity contribution in [1.29, 1.82) is 5.26 Å². The average molecular weight is 475 g/mol. The quantitative estimate of drug-likeness (QED) is 0.187. The fourth-order valence-corrected chi connectivity index (χ4v) is 4.75. The van der Waals surface area contributed by atoms with Crippen LogP contribution in [0.25, 0.3) is 38.8 Å². The van der Waals surface area contributed by atoms with Crippen LogP contribution in [0.5, 0.6) is 5.75 Å². The first-order valence-corrected chi connectivity index (χ1v) is 12.0. The van der Waals surface area contributed by atoms with Gasteiger partial charge in [0, 0.05) is 17.3 Å². The van der Waals surface area contributed by atoms with Gasteiger partial charge in [-0.1, -0.05) is 43.0 Å². The molecule has 5 rings (SSSR count). The Morgan fingerprint density at radius 1 is 1.11 bits per heavy atom. The minimum Gasteiger partial charge on any atom is -0.489 e. The molecule has 0 bridgehead atoms. The molecule has 0 N–H and O–H groups in total. The van der Waals surface area contributed by atoms with Gasteiger partial charge in [-0.3, -0.25) is 0 Å². The van der Waals surface area contributed by atoms with Gasteiger partial charge in [0.1, 0.15) is 29.1 Å². The van der Waals surface area contributed by atoms with Crippen molar-refractivity contribution in [3.63, 3.8) is 0 Å². The number of nitriles is 1. The fourth-order valence-electron chi connectivity index (χ4n) is 3.82. The van der Waals surface area contributed by atoms with Crippen molar-refractivity contribution in [2.45, 2.75) is 6.92 Å². The zero-order valence-electron chi connectivity index (χ0n) is 19.2. The van der Waals surface area contributed by atoms with Gasteiger partial charge in [-0.2, -0.15) is 10.4 Å². The molecule has 5 nitrogen and oxygen atoms in total. The van der Waals surface area contributed by atoms with Gasteiger partial charge < -0.3 is 4.74 Å². The first-order chi connectivity index (χ1) is 17.2. The SMILES string of the molecule is C=CCOc1ccc(-c2nn(-c3ccccc3)cc2C=C(C#N)c2nc3ccccc3s2)cc1C. The summed E-state index contributed by atoms with van der Waals surface area (Å²) in [7, 11) is 0. The smallest absolute Gasteiger partial charge is 0.135 e. The van der Waals surface area contributed by atoms with Crippen LogP contribution in [0, 0.1) is 18.3 Å². The van der Waals surface area contributed by atoms with Gasteiger partial charge in [0.15, 0.2) is 0 Å². The fraction of sp³-hybridized carbons (Fsp3) is 0.0690. The van der Waals surface area contributed by atoms with Crippen LogP contribution in [0.1, 0.15) is 16.1 Å². The van der Waals surface area contributed by atoms with Crippen molar-refractivity contribution >= 4 is 33.2 Å². The summed E-state index contributed by atoms with van der Waals surface area (Å²) in [6.45, 7) is 6.17. The number of aryl methyl sites for hydroxylation is 1. The number of hydrogen-bond donors (Lipinski definition) is 0. The molecule has 0 aliphatic rings. The summed E-state index contributed by atoms with van der Waals surface area (Å²) in [4.78, 5) is 4.68. The average Bonchev–Trinajstić information content (AvgIpc) is 3.51. The van der Waals surface area contributed by atoms with Crippen molar-refractivity contribution in [3.05, 3.63) is 108 Å². The second-order valence-corrected chi connectivity index (χ2v) is 8.98. The summed E-state index contributed by atoms with van der Waals surface area (Å²) in [6.07, 6.45) is 5.55. The predicted octanol–water partition coefficient (Wildman–Crippen LogP) is 7.09. The maximum atomic E-state index is 10.0. The highest BCUT2D eigenvalue weighted by Gasteiger charge is 2.15. The number of benzene rings is 3. The molecule has 0 saturated heterocycles. The number of ether oxygens (including phenoxy) is 1. The van der Waals surface area contributed by atoms with Crippen molar-refractivity contribution in [1.82, 2.24) is 14.8 Å². The van der Waals surface area contributed by atoms with Crippen molar-refractivity contribution in [3.8, 4) is 28.8 Å². The third-order valence-corrected chi connectivity index (χ3v) is 6.58. The highest BCUT2D eigenvalue weighted by molar-refractivity contribution is 7.19. The summed E-state index contributed by atoms with van der Waals surface area (Å²) in [6, 6.07) is 26.2. The van der Waals surface area contributed by atoms with E-state index in [9.17, 15) is 5.26 Å². The van der Waals surface area contributed by atoms with Crippen LogP contribution in [0.3, 0.4) is 0 Å². The molecule has 0 atom stereocenters. The van der Waals surface area contributed by atoms with E-state index < -0.39 is 0 Å². The standard InChI is InChI=1S/C29H22N4OS/c1-3-15-34-26-14-13-21(16-20(26)2)28-23(19-33(32-28)24-9-5-4-6-10-24)17-22(18-30)29-31-25-11-7-8-12-27(25)35-29/h3-14,16-17,19H,1,15H2,2H3. The molecule has 0 radical (unpaired) electrons. The topological polar surface area (TPSA) is 63.7 Å². The summed E-state index contributed by atoms with van der Waals surface area (Å²) < 4.78 is 8.63. The number of thiazole rings is 1. The molecule has 3 aromatic carbocycles. The molecule has 0 fully saturated rings. The Hall–Kier alpha value is -4.47. The minimum atomic E-state index is 0.449. The summed E-state index contributed by atoms with van der Waals surface area (Å²) in [5, 5.41) is 15.6. The molecule has 6 heteroatoms. The van der Waals surface area contributed by atoms with Crippen LogP contribution in [-0.2, 0) is 0 Å². The minimum absolute atomic E-state index is 0.449. The van der Waals surface area contributed by atoms with Gasteiger partial charge in [0.2, 0.25) is 0 Å². The van der Waals surface area contributed by atoms with Gasteiger partial charge >= 0.3 is 0 Å². The Morgan fingerprint density at radius 2 is 1.91 bits per heavy atom. The first-order valence-electron chi connectivity index (χ1n) is 11.1. The van der Waals surface area contributed by atoms with Gasteiger partial charge in [0.05, 0.1) is 21.5 Å². The lowest BCUT2D eigenvalue weighted by Crippen LogP contribution is -1.96. The lowest BCUT2D eigenvalue weighted by molar-refractivity contribution is 0.361. The van der Waals surface area contributed by atoms with Crippen molar-refractivity contribution in [2.24, 2.45) is 0 Å². The lowest BCUT2D eigenvalue weighted by atomic mass is 10.0. The highest BCUT2D eigenvalue weighted by Crippen LogP contribution is 2.33. The molecule has 35 heavy (non-hydrogen) atoms. The molecular weight excluding hydrogens is 452 g/mol. The number of nitrogens with zero attached hydrogens (tertiary/aromatic N) is 4. The van der Waals surface area contributed by atoms with E-state index in [1.807, 2.05) is 90.6 Å². The van der Waals surface area contributed by atoms with Crippen LogP contribution in [0.2, 0.25) is 0 Å². The lowest BCUT2D eigenvalue weighted by Gasteiger charge is -2.09. The molecule has 170 valence electrons. The largest absolute Gasteiger partial charge is 0.489 e. The van der Waals surface area contributed by atoms with Gasteiger partial charge in [-0.25, -0.2) is 9.67 Å². The first kappa shape index (κ1) is 22.3. The Morgan fingerprint density at radius 3 is 2.66 bits per heavy atom. The summed E-state index contributed by atoms with van der Waals surface area (Å²) in [5.41, 5.74) is 5.89. The van der Waals surface area contributed by atoms with Gasteiger partial charge in [-0.05, 0) is 61.0 Å². The van der Waals surface area contributed by atoms with Crippen LogP contribution in [0.4, 0.5) is 0 Å². The maximum absolute atomic E-state index is 10.0. The Balaban J connectivity index is 1.63. The molecule has 0 amide bonds. The second kappa shape index (κ2) is 9.80. The van der Waals surface area contributed by atoms with Crippen LogP contribution in [-0.4, -0.2) is 21.4 Å². The zero-order valence-corrected chi connectivity index (χ0v) is 20.0. The number of aromatic nitrogens is 3. The number of hydrogen-bond acceptors (Lipinski definition) is 5. The Kier molecular flexibility index (Phi) is 6.25. The van der Waals surface area contributed by atoms with Crippen molar-refractivity contribution in [2.75, 3.05) is 6.61 Å². The summed E-state index contributed by atoms with van der Waals surface area (Å²) >= 11 is 1.51. The number of rotatable bonds is 7. The second-order valence-electron chi connectivity index (χ2n) is 7.95. The van der Waals surface area contributed by atoms with Gasteiger partial charge in [0.25, 0.3) is 0 Å². The Bertz CT molecular complexity index is 1560. The zero-order chi connectivity index (χ0) is 24.2. The normalized spacial score (nSPS) is 11.4. The monoisotopic (exact) mass is 474 g/mol. The summed E-state index contributed by atoms with van der Waals surface area (Å²) in [5.74, 6) is 0.806. The number of para-hydroxylation sites is 2. The van der Waals surface area contributed by atoms with E-state index in [2.05, 4.69) is 23.7 Å². The highest BCUT2D eigenvalue weighted by atomic mass is 32.1. The molecule has 0 spiro atoms. The number of fused-ring (bicyclic) bond motifs is 1. The van der Waals surface area contributed by atoms with Crippen molar-refractivity contribution < 1.29 is 4.74 Å². The molecule has 0 saturated carbocycles. The molecule has 0 unspecified atom stereocenters. The molecule has 2 heterocycles. The number of allylic oxidation sites excluding steroid dienone is 1.